The molecule has 0 heterocycles. The summed E-state index contributed by atoms with van der Waals surface area (Å²) >= 11 is 0. The smallest absolute Gasteiger partial charge is 0.337 e. The first kappa shape index (κ1) is 10.1. The molecule has 0 aliphatic carbocycles. The lowest BCUT2D eigenvalue weighted by molar-refractivity contribution is 0.0601. The van der Waals surface area contributed by atoms with Crippen LogP contribution in [0.1, 0.15) is 15.9 Å². The van der Waals surface area contributed by atoms with Gasteiger partial charge in [0.15, 0.2) is 0 Å². The van der Waals surface area contributed by atoms with Crippen LogP contribution in [0, 0.1) is 11.8 Å². The lowest BCUT2D eigenvalue weighted by Gasteiger charge is -1.97. The number of esters is 1. The molecule has 0 aliphatic rings. The maximum absolute atomic E-state index is 11.1. The van der Waals surface area contributed by atoms with Gasteiger partial charge in [-0.25, -0.2) is 4.79 Å². The molecule has 0 amide bonds. The Labute approximate surface area is 83.2 Å². The van der Waals surface area contributed by atoms with E-state index in [2.05, 4.69) is 23.2 Å². The normalized spacial score (nSPS) is 8.36. The Morgan fingerprint density at radius 2 is 2.07 bits per heavy atom. The average Bonchev–Trinajstić information content (AvgIpc) is 2.26. The molecule has 0 N–H and O–H groups in total. The van der Waals surface area contributed by atoms with E-state index in [1.54, 1.807) is 24.3 Å². The molecule has 0 saturated carbocycles. The largest absolute Gasteiger partial charge is 0.465 e. The summed E-state index contributed by atoms with van der Waals surface area (Å²) in [6, 6.07) is 6.89. The van der Waals surface area contributed by atoms with Gasteiger partial charge in [-0.1, -0.05) is 18.4 Å². The van der Waals surface area contributed by atoms with Gasteiger partial charge >= 0.3 is 5.97 Å². The Morgan fingerprint density at radius 3 is 2.57 bits per heavy atom. The van der Waals surface area contributed by atoms with Crippen molar-refractivity contribution in [1.29, 1.82) is 0 Å². The van der Waals surface area contributed by atoms with Crippen LogP contribution in [0.15, 0.2) is 36.9 Å². The van der Waals surface area contributed by atoms with E-state index >= 15 is 0 Å². The zero-order valence-corrected chi connectivity index (χ0v) is 7.91. The fourth-order valence-corrected chi connectivity index (χ4v) is 0.942. The van der Waals surface area contributed by atoms with Crippen molar-refractivity contribution in [2.45, 2.75) is 0 Å². The van der Waals surface area contributed by atoms with Crippen LogP contribution in [0.25, 0.3) is 0 Å². The van der Waals surface area contributed by atoms with E-state index in [0.717, 1.165) is 5.56 Å². The van der Waals surface area contributed by atoms with Gasteiger partial charge in [-0.05, 0) is 30.3 Å². The highest BCUT2D eigenvalue weighted by molar-refractivity contribution is 5.89. The lowest BCUT2D eigenvalue weighted by Crippen LogP contribution is -2.00. The molecule has 1 rings (SSSR count). The van der Waals surface area contributed by atoms with Crippen molar-refractivity contribution in [2.24, 2.45) is 0 Å². The van der Waals surface area contributed by atoms with E-state index in [1.807, 2.05) is 0 Å². The summed E-state index contributed by atoms with van der Waals surface area (Å²) in [6.45, 7) is 3.49. The van der Waals surface area contributed by atoms with Gasteiger partial charge in [-0.2, -0.15) is 0 Å². The van der Waals surface area contributed by atoms with Crippen LogP contribution in [0.2, 0.25) is 0 Å². The van der Waals surface area contributed by atoms with Crippen LogP contribution < -0.4 is 0 Å². The molecule has 0 atom stereocenters. The second-order valence-corrected chi connectivity index (χ2v) is 2.54. The van der Waals surface area contributed by atoms with E-state index in [1.165, 1.54) is 13.2 Å². The second-order valence-electron chi connectivity index (χ2n) is 2.54. The van der Waals surface area contributed by atoms with E-state index in [0.29, 0.717) is 5.56 Å². The minimum absolute atomic E-state index is 0.340. The van der Waals surface area contributed by atoms with Crippen LogP contribution in [0.3, 0.4) is 0 Å². The molecule has 0 fully saturated rings. The molecule has 0 unspecified atom stereocenters. The topological polar surface area (TPSA) is 26.3 Å². The fraction of sp³-hybridized carbons (Fsp3) is 0.0833. The Bertz CT molecular complexity index is 391. The molecule has 0 aliphatic heterocycles. The van der Waals surface area contributed by atoms with Crippen LogP contribution in [-0.2, 0) is 4.74 Å². The summed E-state index contributed by atoms with van der Waals surface area (Å²) in [4.78, 5) is 11.1. The minimum Gasteiger partial charge on any atom is -0.465 e. The third-order valence-corrected chi connectivity index (χ3v) is 1.62. The van der Waals surface area contributed by atoms with Crippen molar-refractivity contribution in [3.05, 3.63) is 48.0 Å². The predicted molar refractivity (Wildman–Crippen MR) is 54.9 cm³/mol. The maximum atomic E-state index is 11.1. The van der Waals surface area contributed by atoms with Crippen LogP contribution in [0.4, 0.5) is 0 Å². The average molecular weight is 186 g/mol. The number of carbonyl (C=O) groups excluding carboxylic acids is 1. The Morgan fingerprint density at radius 1 is 1.43 bits per heavy atom. The summed E-state index contributed by atoms with van der Waals surface area (Å²) in [5, 5.41) is 0. The summed E-state index contributed by atoms with van der Waals surface area (Å²) in [5.41, 5.74) is 1.37. The van der Waals surface area contributed by atoms with Crippen molar-refractivity contribution >= 4 is 5.97 Å². The molecule has 70 valence electrons. The summed E-state index contributed by atoms with van der Waals surface area (Å²) in [5.74, 6) is 5.24. The molecule has 0 saturated heterocycles. The first-order chi connectivity index (χ1) is 6.77. The van der Waals surface area contributed by atoms with Crippen molar-refractivity contribution in [3.8, 4) is 11.8 Å². The molecule has 2 heteroatoms. The lowest BCUT2D eigenvalue weighted by atomic mass is 10.1. The summed E-state index contributed by atoms with van der Waals surface area (Å²) in [6.07, 6.45) is 1.52. The molecule has 1 aromatic carbocycles. The highest BCUT2D eigenvalue weighted by Crippen LogP contribution is 2.04. The van der Waals surface area contributed by atoms with Gasteiger partial charge in [0.25, 0.3) is 0 Å². The van der Waals surface area contributed by atoms with Crippen molar-refractivity contribution in [3.63, 3.8) is 0 Å². The maximum Gasteiger partial charge on any atom is 0.337 e. The monoisotopic (exact) mass is 186 g/mol. The molecule has 0 bridgehead atoms. The highest BCUT2D eigenvalue weighted by atomic mass is 16.5. The van der Waals surface area contributed by atoms with E-state index in [9.17, 15) is 4.79 Å². The van der Waals surface area contributed by atoms with Crippen molar-refractivity contribution < 1.29 is 9.53 Å². The van der Waals surface area contributed by atoms with Crippen LogP contribution in [0.5, 0.6) is 0 Å². The van der Waals surface area contributed by atoms with Crippen LogP contribution in [-0.4, -0.2) is 13.1 Å². The zero-order chi connectivity index (χ0) is 10.4. The third-order valence-electron chi connectivity index (χ3n) is 1.62. The molecule has 1 aromatic rings. The molecule has 2 nitrogen and oxygen atoms in total. The number of carbonyl (C=O) groups is 1. The number of methoxy groups -OCH3 is 1. The van der Waals surface area contributed by atoms with Gasteiger partial charge in [0.2, 0.25) is 0 Å². The zero-order valence-electron chi connectivity index (χ0n) is 7.91. The van der Waals surface area contributed by atoms with Crippen molar-refractivity contribution in [1.82, 2.24) is 0 Å². The van der Waals surface area contributed by atoms with Gasteiger partial charge in [0.05, 0.1) is 12.7 Å². The molecule has 0 aromatic heterocycles. The molecule has 14 heavy (non-hydrogen) atoms. The number of allylic oxidation sites excluding steroid dienone is 1. The Hall–Kier alpha value is -2.01. The standard InChI is InChI=1S/C12H10O2/c1-3-4-5-10-6-8-11(9-7-10)12(13)14-2/h3,6-9H,1H2,2H3. The van der Waals surface area contributed by atoms with Gasteiger partial charge in [0.1, 0.15) is 0 Å². The van der Waals surface area contributed by atoms with E-state index in [-0.39, 0.29) is 5.97 Å². The Balaban J connectivity index is 2.88. The first-order valence-electron chi connectivity index (χ1n) is 4.08. The van der Waals surface area contributed by atoms with Gasteiger partial charge < -0.3 is 4.74 Å². The summed E-state index contributed by atoms with van der Waals surface area (Å²) in [7, 11) is 1.35. The number of rotatable bonds is 1. The number of hydrogen-bond acceptors (Lipinski definition) is 2. The SMILES string of the molecule is C=CC#Cc1ccc(C(=O)OC)cc1. The first-order valence-corrected chi connectivity index (χ1v) is 4.08. The Kier molecular flexibility index (Phi) is 3.51. The van der Waals surface area contributed by atoms with E-state index < -0.39 is 0 Å². The van der Waals surface area contributed by atoms with Gasteiger partial charge in [-0.15, -0.1) is 0 Å². The molecule has 0 radical (unpaired) electrons. The molecular formula is C12H10O2. The van der Waals surface area contributed by atoms with Crippen LogP contribution >= 0.6 is 0 Å². The fourth-order valence-electron chi connectivity index (χ4n) is 0.942. The number of hydrogen-bond donors (Lipinski definition) is 0. The van der Waals surface area contributed by atoms with E-state index in [4.69, 9.17) is 0 Å². The molecule has 0 spiro atoms. The molecular weight excluding hydrogens is 176 g/mol. The second kappa shape index (κ2) is 4.88. The predicted octanol–water partition coefficient (Wildman–Crippen LogP) is 2.01. The minimum atomic E-state index is -0.340. The third kappa shape index (κ3) is 2.49. The highest BCUT2D eigenvalue weighted by Gasteiger charge is 2.02. The van der Waals surface area contributed by atoms with Gasteiger partial charge in [-0.3, -0.25) is 0 Å². The number of ether oxygens (including phenoxy) is 1. The quantitative estimate of drug-likeness (QED) is 0.495. The van der Waals surface area contributed by atoms with Crippen molar-refractivity contribution in [2.75, 3.05) is 7.11 Å². The summed E-state index contributed by atoms with van der Waals surface area (Å²) < 4.78 is 4.57. The van der Waals surface area contributed by atoms with Gasteiger partial charge in [0, 0.05) is 5.56 Å². The number of benzene rings is 1.